The fourth-order valence-electron chi connectivity index (χ4n) is 4.42. The molecular formula is C22H25ClN2O3. The van der Waals surface area contributed by atoms with Crippen LogP contribution in [0.5, 0.6) is 11.5 Å². The lowest BCUT2D eigenvalue weighted by atomic mass is 9.95. The molecule has 2 fully saturated rings. The molecule has 0 bridgehead atoms. The fourth-order valence-corrected chi connectivity index (χ4v) is 4.42. The number of halogens is 1. The Morgan fingerprint density at radius 1 is 0.929 bits per heavy atom. The first-order valence-corrected chi connectivity index (χ1v) is 9.69. The SMILES string of the molecule is Cl.N[C@@H]1CN(C(=O)C2CC2c2ccc3c(c2)OCCO3)C[C@H]1c1ccccc1. The molecule has 3 aliphatic rings. The maximum atomic E-state index is 13.0. The number of ether oxygens (including phenoxy) is 2. The number of rotatable bonds is 3. The van der Waals surface area contributed by atoms with E-state index in [1.54, 1.807) is 0 Å². The van der Waals surface area contributed by atoms with Crippen LogP contribution in [0.15, 0.2) is 48.5 Å². The van der Waals surface area contributed by atoms with Gasteiger partial charge in [-0.15, -0.1) is 12.4 Å². The van der Waals surface area contributed by atoms with E-state index in [2.05, 4.69) is 18.2 Å². The van der Waals surface area contributed by atoms with E-state index in [1.165, 1.54) is 11.1 Å². The summed E-state index contributed by atoms with van der Waals surface area (Å²) >= 11 is 0. The minimum Gasteiger partial charge on any atom is -0.486 e. The van der Waals surface area contributed by atoms with E-state index in [0.717, 1.165) is 17.9 Å². The predicted molar refractivity (Wildman–Crippen MR) is 109 cm³/mol. The standard InChI is InChI=1S/C22H24N2O3.ClH/c23-19-13-24(12-18(19)14-4-2-1-3-5-14)22(25)17-11-16(17)15-6-7-20-21(10-15)27-9-8-26-20;/h1-7,10,16-19H,8-9,11-13,23H2;1H/t16?,17?,18-,19+;/m0./s1. The summed E-state index contributed by atoms with van der Waals surface area (Å²) in [6.07, 6.45) is 0.903. The zero-order chi connectivity index (χ0) is 18.4. The fraction of sp³-hybridized carbons (Fsp3) is 0.409. The van der Waals surface area contributed by atoms with E-state index in [1.807, 2.05) is 35.2 Å². The van der Waals surface area contributed by atoms with Gasteiger partial charge < -0.3 is 20.1 Å². The summed E-state index contributed by atoms with van der Waals surface area (Å²) in [6.45, 7) is 2.53. The molecule has 2 N–H and O–H groups in total. The van der Waals surface area contributed by atoms with Crippen LogP contribution >= 0.6 is 12.4 Å². The molecular weight excluding hydrogens is 376 g/mol. The molecule has 148 valence electrons. The molecule has 2 aromatic rings. The van der Waals surface area contributed by atoms with E-state index in [9.17, 15) is 4.79 Å². The molecule has 1 amide bonds. The van der Waals surface area contributed by atoms with Gasteiger partial charge in [-0.1, -0.05) is 36.4 Å². The summed E-state index contributed by atoms with van der Waals surface area (Å²) in [6, 6.07) is 16.3. The molecule has 0 spiro atoms. The second-order valence-corrected chi connectivity index (χ2v) is 7.78. The number of hydrogen-bond donors (Lipinski definition) is 1. The van der Waals surface area contributed by atoms with Gasteiger partial charge >= 0.3 is 0 Å². The number of amides is 1. The summed E-state index contributed by atoms with van der Waals surface area (Å²) < 4.78 is 11.3. The minimum atomic E-state index is 0. The first kappa shape index (κ1) is 19.1. The third-order valence-electron chi connectivity index (χ3n) is 6.01. The lowest BCUT2D eigenvalue weighted by Gasteiger charge is -2.19. The molecule has 0 radical (unpaired) electrons. The highest BCUT2D eigenvalue weighted by Crippen LogP contribution is 2.50. The Labute approximate surface area is 171 Å². The van der Waals surface area contributed by atoms with Crippen molar-refractivity contribution < 1.29 is 14.3 Å². The van der Waals surface area contributed by atoms with Crippen molar-refractivity contribution in [1.29, 1.82) is 0 Å². The van der Waals surface area contributed by atoms with E-state index in [0.29, 0.717) is 26.3 Å². The van der Waals surface area contributed by atoms with Crippen LogP contribution in [0.25, 0.3) is 0 Å². The van der Waals surface area contributed by atoms with Gasteiger partial charge in [-0.3, -0.25) is 4.79 Å². The molecule has 5 rings (SSSR count). The van der Waals surface area contributed by atoms with Crippen LogP contribution in [0.4, 0.5) is 0 Å². The Morgan fingerprint density at radius 3 is 2.46 bits per heavy atom. The number of carbonyl (C=O) groups is 1. The van der Waals surface area contributed by atoms with Gasteiger partial charge in [-0.2, -0.15) is 0 Å². The van der Waals surface area contributed by atoms with Crippen LogP contribution in [-0.2, 0) is 4.79 Å². The van der Waals surface area contributed by atoms with Gasteiger partial charge in [-0.25, -0.2) is 0 Å². The van der Waals surface area contributed by atoms with E-state index in [4.69, 9.17) is 15.2 Å². The monoisotopic (exact) mass is 400 g/mol. The van der Waals surface area contributed by atoms with E-state index in [-0.39, 0.29) is 42.1 Å². The Morgan fingerprint density at radius 2 is 1.68 bits per heavy atom. The van der Waals surface area contributed by atoms with Crippen molar-refractivity contribution in [3.63, 3.8) is 0 Å². The molecule has 1 aliphatic carbocycles. The second kappa shape index (κ2) is 7.64. The molecule has 2 heterocycles. The van der Waals surface area contributed by atoms with Crippen molar-refractivity contribution in [3.05, 3.63) is 59.7 Å². The van der Waals surface area contributed by atoms with Crippen molar-refractivity contribution in [2.45, 2.75) is 24.3 Å². The van der Waals surface area contributed by atoms with Crippen molar-refractivity contribution in [3.8, 4) is 11.5 Å². The molecule has 1 saturated heterocycles. The van der Waals surface area contributed by atoms with Crippen molar-refractivity contribution >= 4 is 18.3 Å². The largest absolute Gasteiger partial charge is 0.486 e. The highest BCUT2D eigenvalue weighted by Gasteiger charge is 2.48. The quantitative estimate of drug-likeness (QED) is 0.860. The van der Waals surface area contributed by atoms with Crippen molar-refractivity contribution in [1.82, 2.24) is 4.90 Å². The van der Waals surface area contributed by atoms with Crippen LogP contribution in [0.1, 0.15) is 29.4 Å². The number of benzene rings is 2. The summed E-state index contributed by atoms with van der Waals surface area (Å²) in [4.78, 5) is 15.0. The molecule has 1 saturated carbocycles. The molecule has 2 aromatic carbocycles. The zero-order valence-electron chi connectivity index (χ0n) is 15.6. The topological polar surface area (TPSA) is 64.8 Å². The van der Waals surface area contributed by atoms with Crippen LogP contribution in [0, 0.1) is 5.92 Å². The third kappa shape index (κ3) is 3.45. The number of nitrogens with zero attached hydrogens (tertiary/aromatic N) is 1. The predicted octanol–water partition coefficient (Wildman–Crippen LogP) is 2.94. The van der Waals surface area contributed by atoms with Crippen LogP contribution < -0.4 is 15.2 Å². The highest BCUT2D eigenvalue weighted by atomic mass is 35.5. The maximum Gasteiger partial charge on any atom is 0.226 e. The number of carbonyl (C=O) groups excluding carboxylic acids is 1. The molecule has 2 unspecified atom stereocenters. The molecule has 5 nitrogen and oxygen atoms in total. The Bertz CT molecular complexity index is 860. The van der Waals surface area contributed by atoms with Crippen molar-refractivity contribution in [2.75, 3.05) is 26.3 Å². The maximum absolute atomic E-state index is 13.0. The first-order valence-electron chi connectivity index (χ1n) is 9.69. The van der Waals surface area contributed by atoms with E-state index < -0.39 is 0 Å². The molecule has 28 heavy (non-hydrogen) atoms. The van der Waals surface area contributed by atoms with Gasteiger partial charge in [0.25, 0.3) is 0 Å². The van der Waals surface area contributed by atoms with Gasteiger partial charge in [-0.05, 0) is 35.6 Å². The summed E-state index contributed by atoms with van der Waals surface area (Å²) in [5.74, 6) is 2.40. The van der Waals surface area contributed by atoms with Crippen LogP contribution in [-0.4, -0.2) is 43.2 Å². The normalized spacial score (nSPS) is 27.8. The summed E-state index contributed by atoms with van der Waals surface area (Å²) in [5, 5.41) is 0. The number of nitrogens with two attached hydrogens (primary N) is 1. The second-order valence-electron chi connectivity index (χ2n) is 7.78. The van der Waals surface area contributed by atoms with Gasteiger partial charge in [0.1, 0.15) is 13.2 Å². The summed E-state index contributed by atoms with van der Waals surface area (Å²) in [5.41, 5.74) is 8.75. The average Bonchev–Trinajstić information content (AvgIpc) is 3.42. The Kier molecular flexibility index (Phi) is 5.21. The zero-order valence-corrected chi connectivity index (χ0v) is 16.4. The van der Waals surface area contributed by atoms with E-state index >= 15 is 0 Å². The number of hydrogen-bond acceptors (Lipinski definition) is 4. The third-order valence-corrected chi connectivity index (χ3v) is 6.01. The van der Waals surface area contributed by atoms with Crippen LogP contribution in [0.2, 0.25) is 0 Å². The molecule has 4 atom stereocenters. The van der Waals surface area contributed by atoms with Gasteiger partial charge in [0.05, 0.1) is 0 Å². The molecule has 6 heteroatoms. The van der Waals surface area contributed by atoms with Gasteiger partial charge in [0.15, 0.2) is 11.5 Å². The number of fused-ring (bicyclic) bond motifs is 1. The van der Waals surface area contributed by atoms with Gasteiger partial charge in [0, 0.05) is 31.0 Å². The average molecular weight is 401 g/mol. The highest BCUT2D eigenvalue weighted by molar-refractivity contribution is 5.85. The lowest BCUT2D eigenvalue weighted by molar-refractivity contribution is -0.131. The Hall–Kier alpha value is -2.24. The summed E-state index contributed by atoms with van der Waals surface area (Å²) in [7, 11) is 0. The molecule has 0 aromatic heterocycles. The van der Waals surface area contributed by atoms with Crippen molar-refractivity contribution in [2.24, 2.45) is 11.7 Å². The number of likely N-dealkylation sites (tertiary alicyclic amines) is 1. The smallest absolute Gasteiger partial charge is 0.226 e. The van der Waals surface area contributed by atoms with Gasteiger partial charge in [0.2, 0.25) is 5.91 Å². The lowest BCUT2D eigenvalue weighted by Crippen LogP contribution is -2.33. The Balaban J connectivity index is 0.00000192. The minimum absolute atomic E-state index is 0. The first-order chi connectivity index (χ1) is 13.2. The molecule has 2 aliphatic heterocycles. The van der Waals surface area contributed by atoms with Crippen LogP contribution in [0.3, 0.4) is 0 Å².